The standard InChI is InChI=1S/C11H14F2N2O4/c1-11(2,6-16)14-7-3-4-8(15(17)18)9(5-7)19-10(12)13/h3-5,10,14,16H,6H2,1-2H3. The lowest BCUT2D eigenvalue weighted by Gasteiger charge is -2.25. The maximum atomic E-state index is 12.2. The number of nitro groups is 1. The van der Waals surface area contributed by atoms with E-state index in [1.54, 1.807) is 13.8 Å². The van der Waals surface area contributed by atoms with Crippen molar-refractivity contribution < 1.29 is 23.5 Å². The predicted octanol–water partition coefficient (Wildman–Crippen LogP) is 2.38. The summed E-state index contributed by atoms with van der Waals surface area (Å²) in [7, 11) is 0. The van der Waals surface area contributed by atoms with E-state index in [1.165, 1.54) is 6.07 Å². The third kappa shape index (κ3) is 4.32. The summed E-state index contributed by atoms with van der Waals surface area (Å²) >= 11 is 0. The fourth-order valence-electron chi connectivity index (χ4n) is 1.36. The summed E-state index contributed by atoms with van der Waals surface area (Å²) in [6.45, 7) is 0.0128. The summed E-state index contributed by atoms with van der Waals surface area (Å²) in [6, 6.07) is 3.52. The zero-order valence-electron chi connectivity index (χ0n) is 10.4. The molecule has 0 unspecified atom stereocenters. The third-order valence-corrected chi connectivity index (χ3v) is 2.25. The van der Waals surface area contributed by atoms with Gasteiger partial charge in [-0.25, -0.2) is 0 Å². The molecule has 0 bridgehead atoms. The third-order valence-electron chi connectivity index (χ3n) is 2.25. The van der Waals surface area contributed by atoms with E-state index in [1.807, 2.05) is 0 Å². The average Bonchev–Trinajstić information content (AvgIpc) is 2.27. The first-order chi connectivity index (χ1) is 8.75. The van der Waals surface area contributed by atoms with E-state index in [4.69, 9.17) is 5.11 Å². The second-order valence-corrected chi connectivity index (χ2v) is 4.49. The molecule has 0 aliphatic heterocycles. The molecule has 1 rings (SSSR count). The van der Waals surface area contributed by atoms with E-state index in [-0.39, 0.29) is 6.61 Å². The van der Waals surface area contributed by atoms with Gasteiger partial charge in [0.25, 0.3) is 0 Å². The highest BCUT2D eigenvalue weighted by Crippen LogP contribution is 2.32. The average molecular weight is 276 g/mol. The Balaban J connectivity index is 3.07. The zero-order valence-corrected chi connectivity index (χ0v) is 10.4. The molecule has 1 aromatic rings. The number of rotatable bonds is 6. The van der Waals surface area contributed by atoms with Gasteiger partial charge in [-0.05, 0) is 19.9 Å². The van der Waals surface area contributed by atoms with Gasteiger partial charge in [0.15, 0.2) is 0 Å². The minimum atomic E-state index is -3.15. The van der Waals surface area contributed by atoms with Crippen molar-refractivity contribution in [2.75, 3.05) is 11.9 Å². The van der Waals surface area contributed by atoms with Crippen molar-refractivity contribution in [2.45, 2.75) is 26.0 Å². The highest BCUT2D eigenvalue weighted by molar-refractivity contribution is 5.58. The van der Waals surface area contributed by atoms with E-state index in [2.05, 4.69) is 10.1 Å². The van der Waals surface area contributed by atoms with Crippen LogP contribution in [0.2, 0.25) is 0 Å². The van der Waals surface area contributed by atoms with Crippen molar-refractivity contribution in [1.29, 1.82) is 0 Å². The molecule has 19 heavy (non-hydrogen) atoms. The van der Waals surface area contributed by atoms with Crippen LogP contribution in [-0.4, -0.2) is 28.8 Å². The number of nitro benzene ring substituents is 1. The number of halogens is 2. The first kappa shape index (κ1) is 15.1. The molecular formula is C11H14F2N2O4. The van der Waals surface area contributed by atoms with Crippen LogP contribution in [0.4, 0.5) is 20.2 Å². The number of hydrogen-bond acceptors (Lipinski definition) is 5. The molecule has 0 heterocycles. The Morgan fingerprint density at radius 3 is 2.63 bits per heavy atom. The van der Waals surface area contributed by atoms with Crippen LogP contribution < -0.4 is 10.1 Å². The maximum absolute atomic E-state index is 12.2. The number of benzene rings is 1. The van der Waals surface area contributed by atoms with Gasteiger partial charge in [-0.1, -0.05) is 0 Å². The van der Waals surface area contributed by atoms with Gasteiger partial charge < -0.3 is 15.2 Å². The summed E-state index contributed by atoms with van der Waals surface area (Å²) in [5.41, 5.74) is -0.911. The Kier molecular flexibility index (Phi) is 4.60. The number of anilines is 1. The fourth-order valence-corrected chi connectivity index (χ4v) is 1.36. The molecule has 0 saturated carbocycles. The van der Waals surface area contributed by atoms with Gasteiger partial charge in [0.2, 0.25) is 5.75 Å². The van der Waals surface area contributed by atoms with Crippen LogP contribution in [0.1, 0.15) is 13.8 Å². The zero-order chi connectivity index (χ0) is 14.6. The Morgan fingerprint density at radius 1 is 1.53 bits per heavy atom. The normalized spacial score (nSPS) is 11.5. The number of alkyl halides is 2. The number of nitrogens with zero attached hydrogens (tertiary/aromatic N) is 1. The van der Waals surface area contributed by atoms with Crippen molar-refractivity contribution in [3.8, 4) is 5.75 Å². The predicted molar refractivity (Wildman–Crippen MR) is 64.5 cm³/mol. The quantitative estimate of drug-likeness (QED) is 0.615. The first-order valence-corrected chi connectivity index (χ1v) is 5.37. The molecule has 6 nitrogen and oxygen atoms in total. The van der Waals surface area contributed by atoms with Crippen molar-refractivity contribution in [3.05, 3.63) is 28.3 Å². The maximum Gasteiger partial charge on any atom is 0.387 e. The molecule has 0 saturated heterocycles. The SMILES string of the molecule is CC(C)(CO)Nc1ccc([N+](=O)[O-])c(OC(F)F)c1. The molecule has 0 aliphatic carbocycles. The fraction of sp³-hybridized carbons (Fsp3) is 0.455. The molecule has 0 aromatic heterocycles. The van der Waals surface area contributed by atoms with Crippen molar-refractivity contribution in [1.82, 2.24) is 0 Å². The first-order valence-electron chi connectivity index (χ1n) is 5.37. The number of aliphatic hydroxyl groups is 1. The number of aliphatic hydroxyl groups excluding tert-OH is 1. The molecule has 8 heteroatoms. The van der Waals surface area contributed by atoms with E-state index in [0.717, 1.165) is 12.1 Å². The van der Waals surface area contributed by atoms with Crippen LogP contribution in [0.3, 0.4) is 0 Å². The van der Waals surface area contributed by atoms with Crippen molar-refractivity contribution in [3.63, 3.8) is 0 Å². The van der Waals surface area contributed by atoms with Gasteiger partial charge >= 0.3 is 12.3 Å². The molecule has 106 valence electrons. The molecule has 0 amide bonds. The number of hydrogen-bond donors (Lipinski definition) is 2. The topological polar surface area (TPSA) is 84.6 Å². The molecule has 0 atom stereocenters. The molecule has 2 N–H and O–H groups in total. The van der Waals surface area contributed by atoms with E-state index < -0.39 is 28.5 Å². The van der Waals surface area contributed by atoms with Gasteiger partial charge in [-0.3, -0.25) is 10.1 Å². The lowest BCUT2D eigenvalue weighted by Crippen LogP contribution is -2.34. The lowest BCUT2D eigenvalue weighted by molar-refractivity contribution is -0.386. The van der Waals surface area contributed by atoms with E-state index in [0.29, 0.717) is 5.69 Å². The summed E-state index contributed by atoms with van der Waals surface area (Å²) in [5.74, 6) is -0.529. The second kappa shape index (κ2) is 5.79. The second-order valence-electron chi connectivity index (χ2n) is 4.49. The number of ether oxygens (including phenoxy) is 1. The molecule has 0 aliphatic rings. The van der Waals surface area contributed by atoms with Crippen LogP contribution in [0.5, 0.6) is 5.75 Å². The van der Waals surface area contributed by atoms with E-state index >= 15 is 0 Å². The van der Waals surface area contributed by atoms with Gasteiger partial charge in [-0.15, -0.1) is 0 Å². The van der Waals surface area contributed by atoms with Gasteiger partial charge in [0.1, 0.15) is 0 Å². The number of nitrogens with one attached hydrogen (secondary N) is 1. The molecule has 0 fully saturated rings. The van der Waals surface area contributed by atoms with Crippen LogP contribution in [0.15, 0.2) is 18.2 Å². The Labute approximate surface area is 108 Å². The smallest absolute Gasteiger partial charge is 0.387 e. The molecule has 0 spiro atoms. The summed E-state index contributed by atoms with van der Waals surface area (Å²) in [5, 5.41) is 22.6. The van der Waals surface area contributed by atoms with Crippen LogP contribution in [-0.2, 0) is 0 Å². The van der Waals surface area contributed by atoms with Gasteiger partial charge in [0, 0.05) is 17.8 Å². The van der Waals surface area contributed by atoms with Crippen LogP contribution >= 0.6 is 0 Å². The Hall–Kier alpha value is -1.96. The summed E-state index contributed by atoms with van der Waals surface area (Å²) < 4.78 is 28.5. The highest BCUT2D eigenvalue weighted by Gasteiger charge is 2.21. The van der Waals surface area contributed by atoms with Crippen molar-refractivity contribution in [2.24, 2.45) is 0 Å². The monoisotopic (exact) mass is 276 g/mol. The molecule has 0 radical (unpaired) electrons. The van der Waals surface area contributed by atoms with Gasteiger partial charge in [-0.2, -0.15) is 8.78 Å². The Bertz CT molecular complexity index is 466. The van der Waals surface area contributed by atoms with E-state index in [9.17, 15) is 18.9 Å². The minimum absolute atomic E-state index is 0.199. The summed E-state index contributed by atoms with van der Waals surface area (Å²) in [6.07, 6.45) is 0. The Morgan fingerprint density at radius 2 is 2.16 bits per heavy atom. The minimum Gasteiger partial charge on any atom is -0.427 e. The molecule has 1 aromatic carbocycles. The largest absolute Gasteiger partial charge is 0.427 e. The van der Waals surface area contributed by atoms with Crippen LogP contribution in [0.25, 0.3) is 0 Å². The van der Waals surface area contributed by atoms with Crippen molar-refractivity contribution >= 4 is 11.4 Å². The summed E-state index contributed by atoms with van der Waals surface area (Å²) in [4.78, 5) is 9.87. The van der Waals surface area contributed by atoms with Crippen LogP contribution in [0, 0.1) is 10.1 Å². The lowest BCUT2D eigenvalue weighted by atomic mass is 10.1. The molecular weight excluding hydrogens is 262 g/mol. The highest BCUT2D eigenvalue weighted by atomic mass is 19.3. The van der Waals surface area contributed by atoms with Gasteiger partial charge in [0.05, 0.1) is 17.1 Å².